The second kappa shape index (κ2) is 5.80. The zero-order chi connectivity index (χ0) is 12.3. The maximum atomic E-state index is 5.61. The van der Waals surface area contributed by atoms with E-state index in [1.54, 1.807) is 11.3 Å². The summed E-state index contributed by atoms with van der Waals surface area (Å²) in [6.07, 6.45) is 0.867. The van der Waals surface area contributed by atoms with Crippen LogP contribution < -0.4 is 5.32 Å². The van der Waals surface area contributed by atoms with Crippen LogP contribution in [0.3, 0.4) is 0 Å². The number of aromatic nitrogens is 1. The molecule has 0 aliphatic heterocycles. The molecule has 0 aromatic carbocycles. The van der Waals surface area contributed by atoms with E-state index in [-0.39, 0.29) is 6.04 Å². The maximum Gasteiger partial charge on any atom is 0.169 e. The molecule has 5 heteroatoms. The highest BCUT2D eigenvalue weighted by atomic mass is 79.9. The lowest BCUT2D eigenvalue weighted by atomic mass is 10.1. The van der Waals surface area contributed by atoms with Gasteiger partial charge in [0, 0.05) is 17.5 Å². The van der Waals surface area contributed by atoms with Crippen LogP contribution in [0.25, 0.3) is 0 Å². The minimum absolute atomic E-state index is 0.192. The van der Waals surface area contributed by atoms with E-state index < -0.39 is 0 Å². The van der Waals surface area contributed by atoms with Crippen molar-refractivity contribution in [1.29, 1.82) is 0 Å². The molecule has 0 bridgehead atoms. The molecule has 3 nitrogen and oxygen atoms in total. The first kappa shape index (κ1) is 12.8. The third-order valence-corrected chi connectivity index (χ3v) is 3.85. The molecule has 0 amide bonds. The molecule has 92 valence electrons. The minimum Gasteiger partial charge on any atom is -0.453 e. The van der Waals surface area contributed by atoms with Crippen LogP contribution in [0, 0.1) is 6.92 Å². The van der Waals surface area contributed by atoms with Gasteiger partial charge >= 0.3 is 0 Å². The summed E-state index contributed by atoms with van der Waals surface area (Å²) in [5.41, 5.74) is 1.08. The number of furan rings is 1. The number of hydrogen-bond donors (Lipinski definition) is 1. The first-order valence-corrected chi connectivity index (χ1v) is 7.26. The van der Waals surface area contributed by atoms with Crippen molar-refractivity contribution in [3.8, 4) is 0 Å². The number of nitrogens with one attached hydrogen (secondary N) is 1. The molecule has 0 radical (unpaired) electrons. The van der Waals surface area contributed by atoms with Crippen molar-refractivity contribution in [2.75, 3.05) is 6.54 Å². The van der Waals surface area contributed by atoms with Crippen molar-refractivity contribution in [2.45, 2.75) is 26.3 Å². The summed E-state index contributed by atoms with van der Waals surface area (Å²) in [5, 5.41) is 6.64. The Labute approximate surface area is 113 Å². The Morgan fingerprint density at radius 2 is 2.35 bits per heavy atom. The van der Waals surface area contributed by atoms with Crippen LogP contribution in [0.2, 0.25) is 0 Å². The van der Waals surface area contributed by atoms with Gasteiger partial charge in [0.15, 0.2) is 4.67 Å². The zero-order valence-electron chi connectivity index (χ0n) is 9.87. The van der Waals surface area contributed by atoms with Crippen molar-refractivity contribution in [3.63, 3.8) is 0 Å². The Balaban J connectivity index is 2.12. The monoisotopic (exact) mass is 314 g/mol. The predicted octanol–water partition coefficient (Wildman–Crippen LogP) is 3.70. The molecular formula is C12H15BrN2OS. The molecule has 0 aliphatic carbocycles. The standard InChI is InChI=1S/C12H15BrN2OS/c1-3-14-9(10-4-5-11(13)16-10)6-12-15-8(2)7-17-12/h4-5,7,9,14H,3,6H2,1-2H3. The Kier molecular flexibility index (Phi) is 4.36. The second-order valence-electron chi connectivity index (χ2n) is 3.84. The van der Waals surface area contributed by atoms with E-state index in [0.29, 0.717) is 0 Å². The van der Waals surface area contributed by atoms with Crippen LogP contribution in [0.15, 0.2) is 26.6 Å². The summed E-state index contributed by atoms with van der Waals surface area (Å²) in [4.78, 5) is 4.49. The van der Waals surface area contributed by atoms with Gasteiger partial charge in [-0.3, -0.25) is 0 Å². The summed E-state index contributed by atoms with van der Waals surface area (Å²) in [7, 11) is 0. The molecule has 2 heterocycles. The zero-order valence-corrected chi connectivity index (χ0v) is 12.3. The fourth-order valence-corrected chi connectivity index (χ4v) is 2.84. The van der Waals surface area contributed by atoms with E-state index >= 15 is 0 Å². The molecule has 2 aromatic rings. The van der Waals surface area contributed by atoms with Crippen molar-refractivity contribution in [1.82, 2.24) is 10.3 Å². The fourth-order valence-electron chi connectivity index (χ4n) is 1.71. The largest absolute Gasteiger partial charge is 0.453 e. The SMILES string of the molecule is CCNC(Cc1nc(C)cs1)c1ccc(Br)o1. The van der Waals surface area contributed by atoms with Gasteiger partial charge in [0.25, 0.3) is 0 Å². The lowest BCUT2D eigenvalue weighted by Gasteiger charge is -2.13. The number of hydrogen-bond acceptors (Lipinski definition) is 4. The Morgan fingerprint density at radius 1 is 1.53 bits per heavy atom. The first-order valence-electron chi connectivity index (χ1n) is 5.58. The van der Waals surface area contributed by atoms with Gasteiger partial charge in [0.1, 0.15) is 5.76 Å². The molecule has 0 spiro atoms. The van der Waals surface area contributed by atoms with Crippen molar-refractivity contribution < 1.29 is 4.42 Å². The summed E-state index contributed by atoms with van der Waals surface area (Å²) >= 11 is 5.03. The molecule has 0 saturated carbocycles. The Morgan fingerprint density at radius 3 is 2.88 bits per heavy atom. The third kappa shape index (κ3) is 3.40. The van der Waals surface area contributed by atoms with Crippen LogP contribution in [0.1, 0.15) is 29.4 Å². The average Bonchev–Trinajstić information content (AvgIpc) is 2.87. The molecule has 0 fully saturated rings. The normalized spacial score (nSPS) is 12.9. The van der Waals surface area contributed by atoms with Gasteiger partial charge in [-0.15, -0.1) is 11.3 Å². The van der Waals surface area contributed by atoms with E-state index in [4.69, 9.17) is 4.42 Å². The smallest absolute Gasteiger partial charge is 0.169 e. The van der Waals surface area contributed by atoms with Crippen molar-refractivity contribution in [3.05, 3.63) is 38.6 Å². The molecule has 0 aliphatic rings. The van der Waals surface area contributed by atoms with Gasteiger partial charge in [-0.25, -0.2) is 4.98 Å². The summed E-state index contributed by atoms with van der Waals surface area (Å²) in [6, 6.07) is 4.11. The molecule has 2 rings (SSSR count). The molecule has 1 unspecified atom stereocenters. The van der Waals surface area contributed by atoms with E-state index in [2.05, 4.69) is 38.5 Å². The lowest BCUT2D eigenvalue weighted by Crippen LogP contribution is -2.22. The van der Waals surface area contributed by atoms with Crippen LogP contribution in [-0.2, 0) is 6.42 Å². The van der Waals surface area contributed by atoms with Gasteiger partial charge in [0.05, 0.1) is 11.0 Å². The Hall–Kier alpha value is -0.650. The number of nitrogens with zero attached hydrogens (tertiary/aromatic N) is 1. The molecule has 0 saturated heterocycles. The van der Waals surface area contributed by atoms with Gasteiger partial charge in [-0.1, -0.05) is 6.92 Å². The van der Waals surface area contributed by atoms with E-state index in [1.807, 2.05) is 19.1 Å². The average molecular weight is 315 g/mol. The molecule has 2 aromatic heterocycles. The highest BCUT2D eigenvalue weighted by Crippen LogP contribution is 2.24. The van der Waals surface area contributed by atoms with Gasteiger partial charge in [-0.2, -0.15) is 0 Å². The topological polar surface area (TPSA) is 38.1 Å². The summed E-state index contributed by atoms with van der Waals surface area (Å²) in [5.74, 6) is 0.951. The molecule has 1 atom stereocenters. The summed E-state index contributed by atoms with van der Waals surface area (Å²) < 4.78 is 6.38. The number of aryl methyl sites for hydroxylation is 1. The molecule has 17 heavy (non-hydrogen) atoms. The lowest BCUT2D eigenvalue weighted by molar-refractivity contribution is 0.405. The molecule has 1 N–H and O–H groups in total. The van der Waals surface area contributed by atoms with Crippen LogP contribution in [0.5, 0.6) is 0 Å². The second-order valence-corrected chi connectivity index (χ2v) is 5.56. The molecular weight excluding hydrogens is 300 g/mol. The van der Waals surface area contributed by atoms with Gasteiger partial charge in [0.2, 0.25) is 0 Å². The van der Waals surface area contributed by atoms with Crippen LogP contribution in [0.4, 0.5) is 0 Å². The first-order chi connectivity index (χ1) is 8.19. The number of rotatable bonds is 5. The summed E-state index contributed by atoms with van der Waals surface area (Å²) in [6.45, 7) is 5.02. The van der Waals surface area contributed by atoms with Gasteiger partial charge < -0.3 is 9.73 Å². The quantitative estimate of drug-likeness (QED) is 0.914. The Bertz CT molecular complexity index is 480. The van der Waals surface area contributed by atoms with E-state index in [1.165, 1.54) is 0 Å². The number of likely N-dealkylation sites (N-methyl/N-ethyl adjacent to an activating group) is 1. The highest BCUT2D eigenvalue weighted by molar-refractivity contribution is 9.10. The maximum absolute atomic E-state index is 5.61. The van der Waals surface area contributed by atoms with E-state index in [9.17, 15) is 0 Å². The van der Waals surface area contributed by atoms with E-state index in [0.717, 1.165) is 34.1 Å². The van der Waals surface area contributed by atoms with Crippen molar-refractivity contribution in [2.24, 2.45) is 0 Å². The predicted molar refractivity (Wildman–Crippen MR) is 73.4 cm³/mol. The van der Waals surface area contributed by atoms with Gasteiger partial charge in [-0.05, 0) is 41.5 Å². The fraction of sp³-hybridized carbons (Fsp3) is 0.417. The van der Waals surface area contributed by atoms with Crippen molar-refractivity contribution >= 4 is 27.3 Å². The van der Waals surface area contributed by atoms with Crippen LogP contribution in [-0.4, -0.2) is 11.5 Å². The third-order valence-electron chi connectivity index (χ3n) is 2.43. The van der Waals surface area contributed by atoms with Crippen LogP contribution >= 0.6 is 27.3 Å². The number of halogens is 1. The number of thiazole rings is 1. The minimum atomic E-state index is 0.192. The highest BCUT2D eigenvalue weighted by Gasteiger charge is 2.16.